The third-order valence-electron chi connectivity index (χ3n) is 2.54. The molecule has 0 saturated carbocycles. The van der Waals surface area contributed by atoms with Gasteiger partial charge in [0.15, 0.2) is 9.84 Å². The van der Waals surface area contributed by atoms with Crippen LogP contribution >= 0.6 is 10.7 Å². The summed E-state index contributed by atoms with van der Waals surface area (Å²) in [7, 11) is -4.56. The van der Waals surface area contributed by atoms with E-state index < -0.39 is 50.2 Å². The van der Waals surface area contributed by atoms with Gasteiger partial charge in [0.2, 0.25) is 19.1 Å². The molecular formula is C10H14ClNO6S3. The van der Waals surface area contributed by atoms with Crippen molar-refractivity contribution in [2.45, 2.75) is 9.79 Å². The van der Waals surface area contributed by atoms with Crippen LogP contribution in [0.3, 0.4) is 0 Å². The highest BCUT2D eigenvalue weighted by atomic mass is 35.7. The summed E-state index contributed by atoms with van der Waals surface area (Å²) in [6.45, 7) is 0. The van der Waals surface area contributed by atoms with Gasteiger partial charge in [-0.15, -0.1) is 0 Å². The summed E-state index contributed by atoms with van der Waals surface area (Å²) >= 11 is 0. The Labute approximate surface area is 128 Å². The Morgan fingerprint density at radius 3 is 1.81 bits per heavy atom. The normalized spacial score (nSPS) is 13.5. The fourth-order valence-corrected chi connectivity index (χ4v) is 6.22. The van der Waals surface area contributed by atoms with Crippen LogP contribution in [0.1, 0.15) is 0 Å². The van der Waals surface area contributed by atoms with Crippen LogP contribution in [0, 0.1) is 0 Å². The van der Waals surface area contributed by atoms with E-state index in [4.69, 9.17) is 10.7 Å². The molecule has 0 amide bonds. The van der Waals surface area contributed by atoms with E-state index in [1.807, 2.05) is 0 Å². The van der Waals surface area contributed by atoms with E-state index in [-0.39, 0.29) is 0 Å². The maximum Gasteiger partial charge on any atom is 0.243 e. The monoisotopic (exact) mass is 375 g/mol. The molecular weight excluding hydrogens is 362 g/mol. The average Bonchev–Trinajstić information content (AvgIpc) is 2.35. The second kappa shape index (κ2) is 6.21. The summed E-state index contributed by atoms with van der Waals surface area (Å²) in [6.07, 6.45) is 0. The molecule has 0 unspecified atom stereocenters. The van der Waals surface area contributed by atoms with Gasteiger partial charge < -0.3 is 0 Å². The minimum absolute atomic E-state index is 0.401. The lowest BCUT2D eigenvalue weighted by molar-refractivity contribution is 0.517. The molecule has 1 rings (SSSR count). The third-order valence-corrected chi connectivity index (χ3v) is 7.72. The van der Waals surface area contributed by atoms with Gasteiger partial charge in [0.1, 0.15) is 4.90 Å². The minimum atomic E-state index is -4.11. The first-order valence-corrected chi connectivity index (χ1v) is 11.1. The van der Waals surface area contributed by atoms with E-state index in [9.17, 15) is 25.3 Å². The highest BCUT2D eigenvalue weighted by Crippen LogP contribution is 2.24. The summed E-state index contributed by atoms with van der Waals surface area (Å²) in [5.41, 5.74) is 0. The molecule has 0 aromatic heterocycles. The van der Waals surface area contributed by atoms with E-state index in [1.165, 1.54) is 26.2 Å². The highest BCUT2D eigenvalue weighted by Gasteiger charge is 2.28. The molecule has 0 fully saturated rings. The lowest BCUT2D eigenvalue weighted by Crippen LogP contribution is -2.25. The maximum absolute atomic E-state index is 12.2. The molecule has 0 saturated heterocycles. The SMILES string of the molecule is CN(C)S(=O)(=O)c1ccccc1S(=O)(=O)CCS(=O)(=O)Cl. The quantitative estimate of drug-likeness (QED) is 0.661. The van der Waals surface area contributed by atoms with Gasteiger partial charge in [-0.25, -0.2) is 29.6 Å². The van der Waals surface area contributed by atoms with Crippen LogP contribution in [-0.2, 0) is 28.9 Å². The molecule has 0 bridgehead atoms. The number of halogens is 1. The number of hydrogen-bond donors (Lipinski definition) is 0. The molecule has 0 heterocycles. The zero-order valence-corrected chi connectivity index (χ0v) is 14.4. The molecule has 0 atom stereocenters. The largest absolute Gasteiger partial charge is 0.243 e. The van der Waals surface area contributed by atoms with E-state index >= 15 is 0 Å². The fourth-order valence-electron chi connectivity index (χ4n) is 1.44. The summed E-state index contributed by atoms with van der Waals surface area (Å²) in [4.78, 5) is -0.846. The van der Waals surface area contributed by atoms with Gasteiger partial charge in [-0.05, 0) is 12.1 Å². The number of sulfonamides is 1. The van der Waals surface area contributed by atoms with Crippen molar-refractivity contribution in [2.24, 2.45) is 0 Å². The van der Waals surface area contributed by atoms with Gasteiger partial charge >= 0.3 is 0 Å². The highest BCUT2D eigenvalue weighted by molar-refractivity contribution is 8.14. The predicted octanol–water partition coefficient (Wildman–Crippen LogP) is 0.279. The predicted molar refractivity (Wildman–Crippen MR) is 79.0 cm³/mol. The van der Waals surface area contributed by atoms with E-state index in [0.717, 1.165) is 16.4 Å². The van der Waals surface area contributed by atoms with Crippen molar-refractivity contribution in [3.8, 4) is 0 Å². The first-order valence-electron chi connectivity index (χ1n) is 5.54. The second-order valence-corrected chi connectivity index (χ2v) is 11.4. The van der Waals surface area contributed by atoms with Crippen molar-refractivity contribution in [2.75, 3.05) is 25.6 Å². The van der Waals surface area contributed by atoms with Crippen LogP contribution in [0.5, 0.6) is 0 Å². The van der Waals surface area contributed by atoms with E-state index in [2.05, 4.69) is 0 Å². The van der Waals surface area contributed by atoms with Crippen LogP contribution in [-0.4, -0.2) is 55.2 Å². The molecule has 0 aliphatic carbocycles. The van der Waals surface area contributed by atoms with Crippen molar-refractivity contribution in [3.63, 3.8) is 0 Å². The summed E-state index contributed by atoms with van der Waals surface area (Å²) in [5.74, 6) is -1.59. The number of benzene rings is 1. The zero-order valence-electron chi connectivity index (χ0n) is 11.2. The van der Waals surface area contributed by atoms with Crippen LogP contribution in [0.25, 0.3) is 0 Å². The topological polar surface area (TPSA) is 106 Å². The van der Waals surface area contributed by atoms with Gasteiger partial charge in [0, 0.05) is 24.8 Å². The summed E-state index contributed by atoms with van der Waals surface area (Å²) < 4.78 is 71.2. The molecule has 21 heavy (non-hydrogen) atoms. The molecule has 120 valence electrons. The molecule has 7 nitrogen and oxygen atoms in total. The smallest absolute Gasteiger partial charge is 0.224 e. The van der Waals surface area contributed by atoms with Gasteiger partial charge in [-0.2, -0.15) is 0 Å². The molecule has 0 spiro atoms. The number of sulfone groups is 1. The number of nitrogens with zero attached hydrogens (tertiary/aromatic N) is 1. The van der Waals surface area contributed by atoms with Crippen LogP contribution < -0.4 is 0 Å². The first-order chi connectivity index (χ1) is 9.38. The Kier molecular flexibility index (Phi) is 5.43. The lowest BCUT2D eigenvalue weighted by atomic mass is 10.4. The molecule has 0 N–H and O–H groups in total. The molecule has 1 aromatic carbocycles. The second-order valence-electron chi connectivity index (χ2n) is 4.30. The fraction of sp³-hybridized carbons (Fsp3) is 0.400. The van der Waals surface area contributed by atoms with E-state index in [1.54, 1.807) is 0 Å². The Hall–Kier alpha value is -0.680. The lowest BCUT2D eigenvalue weighted by Gasteiger charge is -2.15. The molecule has 11 heteroatoms. The van der Waals surface area contributed by atoms with Crippen LogP contribution in [0.15, 0.2) is 34.1 Å². The molecule has 1 aromatic rings. The average molecular weight is 376 g/mol. The van der Waals surface area contributed by atoms with Crippen molar-refractivity contribution < 1.29 is 25.3 Å². The van der Waals surface area contributed by atoms with Crippen molar-refractivity contribution >= 4 is 39.6 Å². The Balaban J connectivity index is 3.39. The van der Waals surface area contributed by atoms with Crippen LogP contribution in [0.2, 0.25) is 0 Å². The maximum atomic E-state index is 12.2. The Morgan fingerprint density at radius 1 is 0.905 bits per heavy atom. The number of hydrogen-bond acceptors (Lipinski definition) is 6. The van der Waals surface area contributed by atoms with Gasteiger partial charge in [-0.3, -0.25) is 0 Å². The number of rotatable bonds is 6. The molecule has 0 radical (unpaired) electrons. The van der Waals surface area contributed by atoms with Gasteiger partial charge in [0.05, 0.1) is 16.4 Å². The Bertz CT molecular complexity index is 827. The first kappa shape index (κ1) is 18.4. The van der Waals surface area contributed by atoms with E-state index in [0.29, 0.717) is 0 Å². The summed E-state index contributed by atoms with van der Waals surface area (Å²) in [5, 5.41) is 0. The zero-order chi connectivity index (χ0) is 16.5. The van der Waals surface area contributed by atoms with Gasteiger partial charge in [-0.1, -0.05) is 12.1 Å². The summed E-state index contributed by atoms with van der Waals surface area (Å²) in [6, 6.07) is 5.01. The van der Waals surface area contributed by atoms with Gasteiger partial charge in [0.25, 0.3) is 0 Å². The molecule has 0 aliphatic rings. The van der Waals surface area contributed by atoms with Crippen molar-refractivity contribution in [1.82, 2.24) is 4.31 Å². The Morgan fingerprint density at radius 2 is 1.38 bits per heavy atom. The van der Waals surface area contributed by atoms with Crippen molar-refractivity contribution in [3.05, 3.63) is 24.3 Å². The minimum Gasteiger partial charge on any atom is -0.224 e. The third kappa shape index (κ3) is 4.65. The van der Waals surface area contributed by atoms with Crippen LogP contribution in [0.4, 0.5) is 0 Å². The van der Waals surface area contributed by atoms with Crippen molar-refractivity contribution in [1.29, 1.82) is 0 Å². The standard InChI is InChI=1S/C10H14ClNO6S3/c1-12(2)21(17,18)10-6-4-3-5-9(10)19(13,14)7-8-20(11,15)16/h3-6H,7-8H2,1-2H3. The molecule has 0 aliphatic heterocycles.